The van der Waals surface area contributed by atoms with E-state index in [0.29, 0.717) is 24.5 Å². The van der Waals surface area contributed by atoms with Crippen LogP contribution in [-0.4, -0.2) is 11.8 Å². The highest BCUT2D eigenvalue weighted by atomic mass is 16.5. The number of Topliss-reactive ketones (excluding diaryl/α,β-unsaturated/α-hetero) is 1. The summed E-state index contributed by atoms with van der Waals surface area (Å²) in [6.07, 6.45) is 2.06. The zero-order chi connectivity index (χ0) is 16.2. The normalized spacial score (nSPS) is 28.3. The molecule has 2 bridgehead atoms. The summed E-state index contributed by atoms with van der Waals surface area (Å²) >= 11 is 0. The Balaban J connectivity index is 1.74. The predicted molar refractivity (Wildman–Crippen MR) is 88.1 cm³/mol. The number of ether oxygens (including phenoxy) is 1. The third-order valence-electron chi connectivity index (χ3n) is 6.20. The number of ketones is 1. The van der Waals surface area contributed by atoms with Gasteiger partial charge in [0.15, 0.2) is 5.78 Å². The summed E-state index contributed by atoms with van der Waals surface area (Å²) in [7, 11) is 0. The molecule has 0 spiro atoms. The molecule has 2 atom stereocenters. The van der Waals surface area contributed by atoms with Crippen LogP contribution >= 0.6 is 0 Å². The number of hydrogen-bond acceptors (Lipinski definition) is 3. The molecule has 2 unspecified atom stereocenters. The zero-order valence-electron chi connectivity index (χ0n) is 13.5. The first-order valence-electron chi connectivity index (χ1n) is 8.20. The van der Waals surface area contributed by atoms with Crippen LogP contribution in [0.15, 0.2) is 42.5 Å². The van der Waals surface area contributed by atoms with Gasteiger partial charge in [0.1, 0.15) is 11.2 Å². The van der Waals surface area contributed by atoms with Crippen LogP contribution in [0.3, 0.4) is 0 Å². The summed E-state index contributed by atoms with van der Waals surface area (Å²) in [4.78, 5) is 25.6. The predicted octanol–water partition coefficient (Wildman–Crippen LogP) is 4.14. The van der Waals surface area contributed by atoms with Crippen LogP contribution in [-0.2, 0) is 9.59 Å². The second-order valence-electron chi connectivity index (χ2n) is 7.36. The molecule has 3 nitrogen and oxygen atoms in total. The van der Waals surface area contributed by atoms with Crippen molar-refractivity contribution in [3.63, 3.8) is 0 Å². The van der Waals surface area contributed by atoms with Gasteiger partial charge in [0.2, 0.25) is 0 Å². The molecule has 2 aliphatic rings. The number of benzene rings is 2. The lowest BCUT2D eigenvalue weighted by atomic mass is 9.69. The van der Waals surface area contributed by atoms with Gasteiger partial charge in [-0.05, 0) is 35.6 Å². The minimum Gasteiger partial charge on any atom is -0.425 e. The van der Waals surface area contributed by atoms with Gasteiger partial charge >= 0.3 is 5.97 Å². The summed E-state index contributed by atoms with van der Waals surface area (Å²) in [6.45, 7) is 4.08. The fourth-order valence-corrected chi connectivity index (χ4v) is 4.63. The highest BCUT2D eigenvalue weighted by Gasteiger charge is 2.69. The third kappa shape index (κ3) is 1.76. The van der Waals surface area contributed by atoms with Gasteiger partial charge in [-0.15, -0.1) is 0 Å². The molecular weight excluding hydrogens is 288 g/mol. The maximum Gasteiger partial charge on any atom is 0.325 e. The van der Waals surface area contributed by atoms with Crippen LogP contribution in [0.4, 0.5) is 0 Å². The quantitative estimate of drug-likeness (QED) is 0.476. The summed E-state index contributed by atoms with van der Waals surface area (Å²) in [5, 5.41) is 1.93. The molecule has 0 aromatic heterocycles. The molecule has 0 aliphatic heterocycles. The Morgan fingerprint density at radius 2 is 1.87 bits per heavy atom. The zero-order valence-corrected chi connectivity index (χ0v) is 13.5. The molecule has 3 heteroatoms. The maximum absolute atomic E-state index is 13.0. The van der Waals surface area contributed by atoms with E-state index in [1.807, 2.05) is 50.2 Å². The van der Waals surface area contributed by atoms with E-state index in [1.165, 1.54) is 0 Å². The van der Waals surface area contributed by atoms with Crippen molar-refractivity contribution in [2.45, 2.75) is 33.1 Å². The molecular formula is C20H20O3. The molecule has 0 saturated heterocycles. The molecule has 4 rings (SSSR count). The van der Waals surface area contributed by atoms with E-state index in [2.05, 4.69) is 0 Å². The number of esters is 1. The van der Waals surface area contributed by atoms with Crippen molar-refractivity contribution in [1.82, 2.24) is 0 Å². The van der Waals surface area contributed by atoms with Crippen molar-refractivity contribution < 1.29 is 14.3 Å². The molecule has 2 aromatic carbocycles. The fourth-order valence-electron chi connectivity index (χ4n) is 4.63. The molecule has 0 radical (unpaired) electrons. The average Bonchev–Trinajstić information content (AvgIpc) is 2.90. The Bertz CT molecular complexity index is 815. The van der Waals surface area contributed by atoms with E-state index < -0.39 is 5.41 Å². The van der Waals surface area contributed by atoms with Crippen LogP contribution in [0.1, 0.15) is 33.1 Å². The summed E-state index contributed by atoms with van der Waals surface area (Å²) < 4.78 is 5.78. The first kappa shape index (κ1) is 14.4. The van der Waals surface area contributed by atoms with Crippen molar-refractivity contribution in [2.24, 2.45) is 16.7 Å². The molecule has 0 amide bonds. The van der Waals surface area contributed by atoms with Gasteiger partial charge in [0.25, 0.3) is 0 Å². The fraction of sp³-hybridized carbons (Fsp3) is 0.400. The SMILES string of the molecule is CC1(C)C2CCC1(C(=O)Oc1cccc3ccccc13)C(=O)C2. The Morgan fingerprint density at radius 1 is 1.13 bits per heavy atom. The van der Waals surface area contributed by atoms with E-state index in [0.717, 1.165) is 17.2 Å². The highest BCUT2D eigenvalue weighted by Crippen LogP contribution is 2.64. The summed E-state index contributed by atoms with van der Waals surface area (Å²) in [5.41, 5.74) is -1.28. The van der Waals surface area contributed by atoms with E-state index >= 15 is 0 Å². The topological polar surface area (TPSA) is 43.4 Å². The van der Waals surface area contributed by atoms with Gasteiger partial charge in [0.05, 0.1) is 0 Å². The van der Waals surface area contributed by atoms with Gasteiger partial charge in [-0.25, -0.2) is 0 Å². The van der Waals surface area contributed by atoms with Crippen molar-refractivity contribution >= 4 is 22.5 Å². The van der Waals surface area contributed by atoms with Crippen LogP contribution in [0.5, 0.6) is 5.75 Å². The Morgan fingerprint density at radius 3 is 2.57 bits per heavy atom. The number of hydrogen-bond donors (Lipinski definition) is 0. The van der Waals surface area contributed by atoms with Crippen LogP contribution < -0.4 is 4.74 Å². The van der Waals surface area contributed by atoms with Gasteiger partial charge < -0.3 is 4.74 Å². The Hall–Kier alpha value is -2.16. The number of rotatable bonds is 2. The van der Waals surface area contributed by atoms with Crippen molar-refractivity contribution in [3.05, 3.63) is 42.5 Å². The molecule has 2 fully saturated rings. The van der Waals surface area contributed by atoms with Gasteiger partial charge in [-0.1, -0.05) is 50.2 Å². The molecule has 0 N–H and O–H groups in total. The van der Waals surface area contributed by atoms with E-state index in [9.17, 15) is 9.59 Å². The van der Waals surface area contributed by atoms with E-state index in [-0.39, 0.29) is 17.2 Å². The average molecular weight is 308 g/mol. The lowest BCUT2D eigenvalue weighted by Gasteiger charge is -2.33. The molecule has 2 aliphatic carbocycles. The molecule has 118 valence electrons. The van der Waals surface area contributed by atoms with Crippen LogP contribution in [0.2, 0.25) is 0 Å². The second-order valence-corrected chi connectivity index (χ2v) is 7.36. The van der Waals surface area contributed by atoms with Crippen LogP contribution in [0, 0.1) is 16.7 Å². The van der Waals surface area contributed by atoms with E-state index in [4.69, 9.17) is 4.74 Å². The van der Waals surface area contributed by atoms with Crippen molar-refractivity contribution in [3.8, 4) is 5.75 Å². The molecule has 23 heavy (non-hydrogen) atoms. The second kappa shape index (κ2) is 4.67. The van der Waals surface area contributed by atoms with E-state index in [1.54, 1.807) is 6.07 Å². The Kier molecular flexibility index (Phi) is 2.93. The number of fused-ring (bicyclic) bond motifs is 3. The maximum atomic E-state index is 13.0. The van der Waals surface area contributed by atoms with Crippen molar-refractivity contribution in [2.75, 3.05) is 0 Å². The minimum absolute atomic E-state index is 0.0592. The lowest BCUT2D eigenvalue weighted by Crippen LogP contribution is -2.45. The molecule has 2 aromatic rings. The third-order valence-corrected chi connectivity index (χ3v) is 6.20. The largest absolute Gasteiger partial charge is 0.425 e. The molecule has 0 heterocycles. The minimum atomic E-state index is -0.964. The first-order valence-corrected chi connectivity index (χ1v) is 8.20. The summed E-state index contributed by atoms with van der Waals surface area (Å²) in [6, 6.07) is 13.5. The standard InChI is InChI=1S/C20H20O3/c1-19(2)14-10-11-20(19,17(21)12-14)18(22)23-16-9-5-7-13-6-3-4-8-15(13)16/h3-9,14H,10-12H2,1-2H3. The smallest absolute Gasteiger partial charge is 0.325 e. The van der Waals surface area contributed by atoms with Crippen molar-refractivity contribution in [1.29, 1.82) is 0 Å². The summed E-state index contributed by atoms with van der Waals surface area (Å²) in [5.74, 6) is 0.532. The van der Waals surface area contributed by atoms with Gasteiger partial charge in [-0.2, -0.15) is 0 Å². The Labute approximate surface area is 135 Å². The lowest BCUT2D eigenvalue weighted by molar-refractivity contribution is -0.156. The number of carbonyl (C=O) groups excluding carboxylic acids is 2. The molecule has 2 saturated carbocycles. The monoisotopic (exact) mass is 308 g/mol. The first-order chi connectivity index (χ1) is 11.0. The van der Waals surface area contributed by atoms with Crippen LogP contribution in [0.25, 0.3) is 10.8 Å². The highest BCUT2D eigenvalue weighted by molar-refractivity contribution is 6.08. The van der Waals surface area contributed by atoms with Gasteiger partial charge in [0, 0.05) is 11.8 Å². The number of carbonyl (C=O) groups is 2. The van der Waals surface area contributed by atoms with Gasteiger partial charge in [-0.3, -0.25) is 9.59 Å².